The third-order valence-corrected chi connectivity index (χ3v) is 1.73. The van der Waals surface area contributed by atoms with Crippen molar-refractivity contribution in [2.24, 2.45) is 0 Å². The molecule has 0 spiro atoms. The van der Waals surface area contributed by atoms with Crippen molar-refractivity contribution in [3.8, 4) is 11.5 Å². The molecule has 2 heterocycles. The minimum atomic E-state index is 0.497. The molecule has 0 aliphatic rings. The van der Waals surface area contributed by atoms with Crippen molar-refractivity contribution >= 4 is 15.9 Å². The van der Waals surface area contributed by atoms with Gasteiger partial charge in [0.05, 0.1) is 0 Å². The summed E-state index contributed by atoms with van der Waals surface area (Å²) in [6.45, 7) is 0. The van der Waals surface area contributed by atoms with E-state index in [0.717, 1.165) is 4.60 Å². The number of hydrogen-bond donors (Lipinski definition) is 1. The maximum atomic E-state index is 4.15. The van der Waals surface area contributed by atoms with Crippen LogP contribution in [-0.2, 0) is 0 Å². The number of aromatic nitrogens is 5. The predicted octanol–water partition coefficient (Wildman–Crippen LogP) is 1.02. The van der Waals surface area contributed by atoms with E-state index in [2.05, 4.69) is 41.5 Å². The summed E-state index contributed by atoms with van der Waals surface area (Å²) in [6, 6.07) is 5.52. The molecule has 0 atom stereocenters. The van der Waals surface area contributed by atoms with E-state index >= 15 is 0 Å². The molecule has 5 nitrogen and oxygen atoms in total. The van der Waals surface area contributed by atoms with Gasteiger partial charge in [0.15, 0.2) is 0 Å². The monoisotopic (exact) mass is 225 g/mol. The Balaban J connectivity index is 2.48. The summed E-state index contributed by atoms with van der Waals surface area (Å²) in [5.74, 6) is 0.497. The Kier molecular flexibility index (Phi) is 1.83. The Labute approximate surface area is 76.3 Å². The lowest BCUT2D eigenvalue weighted by Crippen LogP contribution is -1.85. The van der Waals surface area contributed by atoms with Crippen molar-refractivity contribution in [2.45, 2.75) is 0 Å². The summed E-state index contributed by atoms with van der Waals surface area (Å²) in [7, 11) is 0. The van der Waals surface area contributed by atoms with Crippen molar-refractivity contribution < 1.29 is 0 Å². The number of rotatable bonds is 1. The first-order valence-corrected chi connectivity index (χ1v) is 4.02. The first-order chi connectivity index (χ1) is 5.86. The van der Waals surface area contributed by atoms with Gasteiger partial charge in [0.1, 0.15) is 10.3 Å². The second kappa shape index (κ2) is 2.98. The molecule has 2 aromatic rings. The van der Waals surface area contributed by atoms with Crippen LogP contribution in [0, 0.1) is 0 Å². The Morgan fingerprint density at radius 2 is 2.25 bits per heavy atom. The zero-order valence-corrected chi connectivity index (χ0v) is 7.48. The molecule has 0 fully saturated rings. The summed E-state index contributed by atoms with van der Waals surface area (Å²) < 4.78 is 0.754. The summed E-state index contributed by atoms with van der Waals surface area (Å²) in [5, 5.41) is 13.4. The highest BCUT2D eigenvalue weighted by molar-refractivity contribution is 9.10. The molecule has 2 aromatic heterocycles. The number of tetrazole rings is 1. The quantitative estimate of drug-likeness (QED) is 0.737. The number of halogens is 1. The molecule has 0 saturated heterocycles. The summed E-state index contributed by atoms with van der Waals surface area (Å²) in [4.78, 5) is 4.15. The predicted molar refractivity (Wildman–Crippen MR) is 45.1 cm³/mol. The Morgan fingerprint density at radius 1 is 1.33 bits per heavy atom. The molecule has 0 aliphatic heterocycles. The van der Waals surface area contributed by atoms with Gasteiger partial charge in [-0.25, -0.2) is 4.98 Å². The summed E-state index contributed by atoms with van der Waals surface area (Å²) in [5.41, 5.74) is 0.693. The minimum absolute atomic E-state index is 0.497. The van der Waals surface area contributed by atoms with Gasteiger partial charge in [0.2, 0.25) is 5.82 Å². The van der Waals surface area contributed by atoms with Crippen molar-refractivity contribution in [1.82, 2.24) is 25.6 Å². The lowest BCUT2D eigenvalue weighted by Gasteiger charge is -1.92. The average Bonchev–Trinajstić information content (AvgIpc) is 2.56. The van der Waals surface area contributed by atoms with Gasteiger partial charge >= 0.3 is 0 Å². The molecule has 0 unspecified atom stereocenters. The molecule has 0 aliphatic carbocycles. The molecule has 0 bridgehead atoms. The van der Waals surface area contributed by atoms with Crippen LogP contribution in [0.25, 0.3) is 11.5 Å². The van der Waals surface area contributed by atoms with Gasteiger partial charge in [-0.1, -0.05) is 6.07 Å². The zero-order chi connectivity index (χ0) is 8.39. The zero-order valence-electron chi connectivity index (χ0n) is 5.90. The van der Waals surface area contributed by atoms with Crippen molar-refractivity contribution in [1.29, 1.82) is 0 Å². The minimum Gasteiger partial charge on any atom is -0.237 e. The molecular weight excluding hydrogens is 222 g/mol. The largest absolute Gasteiger partial charge is 0.237 e. The van der Waals surface area contributed by atoms with Gasteiger partial charge in [-0.15, -0.1) is 10.2 Å². The van der Waals surface area contributed by atoms with Crippen LogP contribution in [0.2, 0.25) is 0 Å². The van der Waals surface area contributed by atoms with Crippen LogP contribution in [0.4, 0.5) is 0 Å². The standard InChI is InChI=1S/C6H4BrN5/c7-5-3-1-2-4(8-5)6-9-11-12-10-6/h1-3H,(H,9,10,11,12). The van der Waals surface area contributed by atoms with Crippen molar-refractivity contribution in [3.63, 3.8) is 0 Å². The number of aromatic amines is 1. The van der Waals surface area contributed by atoms with Gasteiger partial charge < -0.3 is 0 Å². The fourth-order valence-corrected chi connectivity index (χ4v) is 1.15. The Bertz CT molecular complexity index is 371. The molecule has 0 radical (unpaired) electrons. The van der Waals surface area contributed by atoms with Gasteiger partial charge in [-0.05, 0) is 33.3 Å². The van der Waals surface area contributed by atoms with Crippen LogP contribution in [0.5, 0.6) is 0 Å². The molecule has 2 rings (SSSR count). The van der Waals surface area contributed by atoms with Crippen LogP contribution in [0.1, 0.15) is 0 Å². The lowest BCUT2D eigenvalue weighted by molar-refractivity contribution is 0.881. The van der Waals surface area contributed by atoms with Crippen LogP contribution in [0.3, 0.4) is 0 Å². The highest BCUT2D eigenvalue weighted by atomic mass is 79.9. The smallest absolute Gasteiger partial charge is 0.223 e. The van der Waals surface area contributed by atoms with Crippen LogP contribution in [-0.4, -0.2) is 25.6 Å². The number of nitrogens with zero attached hydrogens (tertiary/aromatic N) is 4. The average molecular weight is 226 g/mol. The number of nitrogens with one attached hydrogen (secondary N) is 1. The maximum Gasteiger partial charge on any atom is 0.223 e. The van der Waals surface area contributed by atoms with Crippen LogP contribution < -0.4 is 0 Å². The molecule has 0 aromatic carbocycles. The molecule has 0 saturated carbocycles. The summed E-state index contributed by atoms with van der Waals surface area (Å²) in [6.07, 6.45) is 0. The SMILES string of the molecule is Brc1cccc(-c2nn[nH]n2)n1. The first kappa shape index (κ1) is 7.35. The number of pyridine rings is 1. The van der Waals surface area contributed by atoms with Gasteiger partial charge in [0.25, 0.3) is 0 Å². The van der Waals surface area contributed by atoms with Crippen molar-refractivity contribution in [3.05, 3.63) is 22.8 Å². The molecule has 1 N–H and O–H groups in total. The highest BCUT2D eigenvalue weighted by Crippen LogP contribution is 2.13. The molecular formula is C6H4BrN5. The van der Waals surface area contributed by atoms with Gasteiger partial charge in [-0.3, -0.25) is 0 Å². The maximum absolute atomic E-state index is 4.15. The molecule has 60 valence electrons. The second-order valence-corrected chi connectivity index (χ2v) is 2.89. The molecule has 6 heteroatoms. The number of hydrogen-bond acceptors (Lipinski definition) is 4. The molecule has 12 heavy (non-hydrogen) atoms. The van der Waals surface area contributed by atoms with E-state index in [1.807, 2.05) is 18.2 Å². The fraction of sp³-hybridized carbons (Fsp3) is 0. The Morgan fingerprint density at radius 3 is 2.92 bits per heavy atom. The van der Waals surface area contributed by atoms with E-state index in [0.29, 0.717) is 11.5 Å². The second-order valence-electron chi connectivity index (χ2n) is 2.08. The Hall–Kier alpha value is -1.30. The van der Waals surface area contributed by atoms with Crippen molar-refractivity contribution in [2.75, 3.05) is 0 Å². The van der Waals surface area contributed by atoms with E-state index in [1.165, 1.54) is 0 Å². The van der Waals surface area contributed by atoms with E-state index in [-0.39, 0.29) is 0 Å². The number of H-pyrrole nitrogens is 1. The lowest BCUT2D eigenvalue weighted by atomic mass is 10.3. The van der Waals surface area contributed by atoms with E-state index < -0.39 is 0 Å². The molecule has 0 amide bonds. The van der Waals surface area contributed by atoms with E-state index in [1.54, 1.807) is 0 Å². The van der Waals surface area contributed by atoms with Crippen LogP contribution in [0.15, 0.2) is 22.8 Å². The third-order valence-electron chi connectivity index (χ3n) is 1.29. The summed E-state index contributed by atoms with van der Waals surface area (Å²) >= 11 is 3.25. The van der Waals surface area contributed by atoms with Gasteiger partial charge in [-0.2, -0.15) is 5.21 Å². The third kappa shape index (κ3) is 1.33. The first-order valence-electron chi connectivity index (χ1n) is 3.22. The van der Waals surface area contributed by atoms with Gasteiger partial charge in [0, 0.05) is 0 Å². The van der Waals surface area contributed by atoms with E-state index in [9.17, 15) is 0 Å². The normalized spacial score (nSPS) is 10.1. The van der Waals surface area contributed by atoms with Crippen LogP contribution >= 0.6 is 15.9 Å². The fourth-order valence-electron chi connectivity index (χ4n) is 0.803. The topological polar surface area (TPSA) is 67.3 Å². The van der Waals surface area contributed by atoms with E-state index in [4.69, 9.17) is 0 Å². The highest BCUT2D eigenvalue weighted by Gasteiger charge is 2.02.